The van der Waals surface area contributed by atoms with E-state index in [1.165, 1.54) is 41.5 Å². The molecular weight excluding hydrogens is 214 g/mol. The second kappa shape index (κ2) is 3.35. The van der Waals surface area contributed by atoms with Gasteiger partial charge in [-0.25, -0.2) is 0 Å². The van der Waals surface area contributed by atoms with Crippen LogP contribution in [0.5, 0.6) is 0 Å². The third-order valence-electron chi connectivity index (χ3n) is 2.87. The van der Waals surface area contributed by atoms with Crippen molar-refractivity contribution in [3.8, 4) is 0 Å². The Hall–Kier alpha value is -0.350. The van der Waals surface area contributed by atoms with Gasteiger partial charge >= 0.3 is 0 Å². The van der Waals surface area contributed by atoms with E-state index in [-0.39, 0.29) is 6.04 Å². The average molecular weight is 225 g/mol. The third kappa shape index (κ3) is 1.24. The van der Waals surface area contributed by atoms with Gasteiger partial charge in [0.15, 0.2) is 0 Å². The van der Waals surface area contributed by atoms with E-state index in [4.69, 9.17) is 0 Å². The molecule has 0 saturated heterocycles. The fraction of sp³-hybridized carbons (Fsp3) is 0.500. The summed E-state index contributed by atoms with van der Waals surface area (Å²) in [6.45, 7) is 0. The summed E-state index contributed by atoms with van der Waals surface area (Å²) < 4.78 is 2.12. The van der Waals surface area contributed by atoms with Crippen molar-refractivity contribution in [3.63, 3.8) is 0 Å². The van der Waals surface area contributed by atoms with Crippen molar-refractivity contribution in [1.82, 2.24) is 4.31 Å². The molecule has 1 unspecified atom stereocenters. The van der Waals surface area contributed by atoms with E-state index in [2.05, 4.69) is 4.31 Å². The number of nitrogens with zero attached hydrogens (tertiary/aromatic N) is 1. The first-order valence-corrected chi connectivity index (χ1v) is 6.57. The molecule has 4 heteroatoms. The molecule has 74 valence electrons. The van der Waals surface area contributed by atoms with Gasteiger partial charge in [0.05, 0.1) is 0 Å². The number of hydrogen-bond donors (Lipinski definition) is 0. The lowest BCUT2D eigenvalue weighted by Gasteiger charge is -2.24. The van der Waals surface area contributed by atoms with Crippen LogP contribution in [0, 0.1) is 0 Å². The van der Waals surface area contributed by atoms with E-state index < -0.39 is 0 Å². The van der Waals surface area contributed by atoms with Crippen molar-refractivity contribution in [1.29, 1.82) is 0 Å². The summed E-state index contributed by atoms with van der Waals surface area (Å²) in [5.41, 5.74) is 1.41. The SMILES string of the molecule is O=C1SC=CN2SC3=C(CCCC3)C12. The van der Waals surface area contributed by atoms with Crippen molar-refractivity contribution >= 4 is 28.8 Å². The molecule has 1 atom stereocenters. The zero-order chi connectivity index (χ0) is 9.54. The maximum Gasteiger partial charge on any atom is 0.220 e. The first kappa shape index (κ1) is 8.92. The third-order valence-corrected chi connectivity index (χ3v) is 4.82. The highest BCUT2D eigenvalue weighted by Gasteiger charge is 2.39. The number of rotatable bonds is 0. The minimum Gasteiger partial charge on any atom is -0.303 e. The zero-order valence-electron chi connectivity index (χ0n) is 7.73. The number of carbonyl (C=O) groups excluding carboxylic acids is 1. The van der Waals surface area contributed by atoms with Crippen LogP contribution in [0.3, 0.4) is 0 Å². The maximum atomic E-state index is 11.8. The standard InChI is InChI=1S/C10H11NOS2/c12-10-9-7-3-1-2-4-8(7)14-11(9)5-6-13-10/h5-6,9H,1-4H2. The molecular formula is C10H11NOS2. The largest absolute Gasteiger partial charge is 0.303 e. The minimum absolute atomic E-state index is 0.0605. The molecule has 1 aliphatic carbocycles. The summed E-state index contributed by atoms with van der Waals surface area (Å²) in [6.07, 6.45) is 6.89. The van der Waals surface area contributed by atoms with Crippen LogP contribution in [0.25, 0.3) is 0 Å². The van der Waals surface area contributed by atoms with Gasteiger partial charge in [-0.1, -0.05) is 11.8 Å². The molecule has 2 heterocycles. The fourth-order valence-electron chi connectivity index (χ4n) is 2.21. The Morgan fingerprint density at radius 1 is 1.36 bits per heavy atom. The van der Waals surface area contributed by atoms with Crippen LogP contribution in [0.2, 0.25) is 0 Å². The van der Waals surface area contributed by atoms with E-state index in [1.807, 2.05) is 11.6 Å². The summed E-state index contributed by atoms with van der Waals surface area (Å²) in [7, 11) is 0. The fourth-order valence-corrected chi connectivity index (χ4v) is 4.34. The molecule has 2 aliphatic heterocycles. The highest BCUT2D eigenvalue weighted by molar-refractivity contribution is 8.16. The normalized spacial score (nSPS) is 30.7. The number of fused-ring (bicyclic) bond motifs is 2. The van der Waals surface area contributed by atoms with Crippen molar-refractivity contribution in [2.45, 2.75) is 31.7 Å². The smallest absolute Gasteiger partial charge is 0.220 e. The topological polar surface area (TPSA) is 20.3 Å². The lowest BCUT2D eigenvalue weighted by Crippen LogP contribution is -2.32. The quantitative estimate of drug-likeness (QED) is 0.590. The molecule has 0 aromatic rings. The van der Waals surface area contributed by atoms with Crippen LogP contribution < -0.4 is 0 Å². The number of hydrogen-bond acceptors (Lipinski definition) is 4. The summed E-state index contributed by atoms with van der Waals surface area (Å²) in [5, 5.41) is 2.19. The van der Waals surface area contributed by atoms with E-state index in [0.29, 0.717) is 5.12 Å². The molecule has 0 amide bonds. The van der Waals surface area contributed by atoms with Crippen molar-refractivity contribution in [2.75, 3.05) is 0 Å². The van der Waals surface area contributed by atoms with Gasteiger partial charge in [-0.05, 0) is 48.6 Å². The predicted octanol–water partition coefficient (Wildman–Crippen LogP) is 2.89. The van der Waals surface area contributed by atoms with E-state index >= 15 is 0 Å². The Balaban J connectivity index is 1.98. The molecule has 0 fully saturated rings. The van der Waals surface area contributed by atoms with Crippen molar-refractivity contribution in [2.24, 2.45) is 0 Å². The summed E-state index contributed by atoms with van der Waals surface area (Å²) in [4.78, 5) is 13.2. The maximum absolute atomic E-state index is 11.8. The predicted molar refractivity (Wildman–Crippen MR) is 60.5 cm³/mol. The monoisotopic (exact) mass is 225 g/mol. The van der Waals surface area contributed by atoms with Crippen LogP contribution in [0.4, 0.5) is 0 Å². The molecule has 0 spiro atoms. The molecule has 3 rings (SSSR count). The summed E-state index contributed by atoms with van der Waals surface area (Å²) in [6, 6.07) is 0.0605. The Kier molecular flexibility index (Phi) is 2.13. The zero-order valence-corrected chi connectivity index (χ0v) is 9.37. The minimum atomic E-state index is 0.0605. The Morgan fingerprint density at radius 2 is 2.21 bits per heavy atom. The number of carbonyl (C=O) groups is 1. The highest BCUT2D eigenvalue weighted by Crippen LogP contribution is 2.48. The lowest BCUT2D eigenvalue weighted by atomic mass is 9.94. The van der Waals surface area contributed by atoms with Gasteiger partial charge in [0, 0.05) is 11.1 Å². The molecule has 2 nitrogen and oxygen atoms in total. The van der Waals surface area contributed by atoms with Gasteiger partial charge in [0.1, 0.15) is 6.04 Å². The van der Waals surface area contributed by atoms with Gasteiger partial charge in [0.2, 0.25) is 5.12 Å². The summed E-state index contributed by atoms with van der Waals surface area (Å²) >= 11 is 3.12. The number of thioether (sulfide) groups is 1. The highest BCUT2D eigenvalue weighted by atomic mass is 32.2. The van der Waals surface area contributed by atoms with E-state index in [0.717, 1.165) is 6.42 Å². The Bertz CT molecular complexity index is 348. The van der Waals surface area contributed by atoms with Crippen molar-refractivity contribution in [3.05, 3.63) is 22.1 Å². The average Bonchev–Trinajstić information content (AvgIpc) is 2.57. The first-order chi connectivity index (χ1) is 6.86. The molecule has 0 N–H and O–H groups in total. The van der Waals surface area contributed by atoms with Gasteiger partial charge in [-0.15, -0.1) is 0 Å². The van der Waals surface area contributed by atoms with Crippen LogP contribution in [0.15, 0.2) is 22.1 Å². The van der Waals surface area contributed by atoms with Crippen molar-refractivity contribution < 1.29 is 4.79 Å². The second-order valence-electron chi connectivity index (χ2n) is 3.73. The summed E-state index contributed by atoms with van der Waals surface area (Å²) in [5.74, 6) is 0. The Labute approximate surface area is 91.9 Å². The number of allylic oxidation sites excluding steroid dienone is 1. The molecule has 0 bridgehead atoms. The first-order valence-electron chi connectivity index (χ1n) is 4.91. The Morgan fingerprint density at radius 3 is 3.14 bits per heavy atom. The molecule has 3 aliphatic rings. The molecule has 0 aromatic carbocycles. The van der Waals surface area contributed by atoms with Gasteiger partial charge in [-0.2, -0.15) is 0 Å². The van der Waals surface area contributed by atoms with Crippen LogP contribution in [0.1, 0.15) is 25.7 Å². The molecule has 14 heavy (non-hydrogen) atoms. The molecule has 0 aromatic heterocycles. The molecule has 0 radical (unpaired) electrons. The van der Waals surface area contributed by atoms with Crippen LogP contribution >= 0.6 is 23.7 Å². The lowest BCUT2D eigenvalue weighted by molar-refractivity contribution is -0.112. The van der Waals surface area contributed by atoms with Gasteiger partial charge in [0.25, 0.3) is 0 Å². The van der Waals surface area contributed by atoms with Crippen LogP contribution in [-0.2, 0) is 4.79 Å². The van der Waals surface area contributed by atoms with E-state index in [1.54, 1.807) is 11.9 Å². The van der Waals surface area contributed by atoms with Gasteiger partial charge < -0.3 is 4.31 Å². The van der Waals surface area contributed by atoms with Gasteiger partial charge in [-0.3, -0.25) is 4.79 Å². The second-order valence-corrected chi connectivity index (χ2v) is 5.74. The molecule has 0 saturated carbocycles. The van der Waals surface area contributed by atoms with E-state index in [9.17, 15) is 4.79 Å². The van der Waals surface area contributed by atoms with Crippen LogP contribution in [-0.4, -0.2) is 15.5 Å².